The molecule has 36 heavy (non-hydrogen) atoms. The average molecular weight is 485 g/mol. The lowest BCUT2D eigenvalue weighted by Gasteiger charge is -2.26. The lowest BCUT2D eigenvalue weighted by atomic mass is 9.91. The number of aromatic nitrogens is 1. The predicted octanol–water partition coefficient (Wildman–Crippen LogP) is 6.14. The second kappa shape index (κ2) is 10.6. The molecule has 0 saturated carbocycles. The summed E-state index contributed by atoms with van der Waals surface area (Å²) in [5.74, 6) is -0.577. The fraction of sp³-hybridized carbons (Fsp3) is 0.333. The van der Waals surface area contributed by atoms with Crippen molar-refractivity contribution in [2.45, 2.75) is 46.1 Å². The van der Waals surface area contributed by atoms with Gasteiger partial charge in [-0.1, -0.05) is 24.1 Å². The molecular formula is C30H33FN4O. The monoisotopic (exact) mass is 484 g/mol. The van der Waals surface area contributed by atoms with E-state index in [1.54, 1.807) is 0 Å². The smallest absolute Gasteiger partial charge is 0.256 e. The number of carbonyl (C=O) groups is 1. The van der Waals surface area contributed by atoms with Crippen LogP contribution >= 0.6 is 0 Å². The molecule has 0 spiro atoms. The summed E-state index contributed by atoms with van der Waals surface area (Å²) in [6.07, 6.45) is 13.0. The van der Waals surface area contributed by atoms with Gasteiger partial charge in [-0.2, -0.15) is 0 Å². The molecule has 1 fully saturated rings. The number of likely N-dealkylation sites (tertiary alicyclic amines) is 1. The molecule has 0 unspecified atom stereocenters. The minimum absolute atomic E-state index is 0.223. The molecule has 3 heterocycles. The van der Waals surface area contributed by atoms with Gasteiger partial charge in [0.05, 0.1) is 0 Å². The Bertz CT molecular complexity index is 1300. The van der Waals surface area contributed by atoms with Crippen LogP contribution in [0.25, 0.3) is 16.7 Å². The van der Waals surface area contributed by atoms with Crippen LogP contribution in [0.1, 0.15) is 50.7 Å². The van der Waals surface area contributed by atoms with Crippen LogP contribution in [0.4, 0.5) is 10.1 Å². The van der Waals surface area contributed by atoms with Crippen LogP contribution in [-0.4, -0.2) is 35.4 Å². The molecule has 3 aliphatic rings. The maximum absolute atomic E-state index is 14.1. The molecule has 1 aromatic heterocycles. The van der Waals surface area contributed by atoms with Crippen molar-refractivity contribution < 1.29 is 9.18 Å². The van der Waals surface area contributed by atoms with Crippen LogP contribution in [-0.2, 0) is 11.3 Å². The molecule has 2 N–H and O–H groups in total. The van der Waals surface area contributed by atoms with E-state index in [-0.39, 0.29) is 11.7 Å². The summed E-state index contributed by atoms with van der Waals surface area (Å²) < 4.78 is 14.1. The lowest BCUT2D eigenvalue weighted by molar-refractivity contribution is -0.114. The molecule has 0 radical (unpaired) electrons. The third kappa shape index (κ3) is 5.49. The molecule has 1 amide bonds. The van der Waals surface area contributed by atoms with Gasteiger partial charge in [-0.3, -0.25) is 14.7 Å². The zero-order valence-corrected chi connectivity index (χ0v) is 21.0. The number of carbonyl (C=O) groups excluding carboxylic acids is 1. The summed E-state index contributed by atoms with van der Waals surface area (Å²) in [5, 5.41) is 6.35. The van der Waals surface area contributed by atoms with Crippen molar-refractivity contribution in [2.24, 2.45) is 0 Å². The molecule has 5 rings (SSSR count). The Morgan fingerprint density at radius 2 is 1.92 bits per heavy atom. The quantitative estimate of drug-likeness (QED) is 0.536. The van der Waals surface area contributed by atoms with Crippen LogP contribution in [0.3, 0.4) is 0 Å². The predicted molar refractivity (Wildman–Crippen MR) is 144 cm³/mol. The second-order valence-corrected chi connectivity index (χ2v) is 10.0. The number of hydrogen-bond acceptors (Lipinski definition) is 4. The van der Waals surface area contributed by atoms with Gasteiger partial charge in [0, 0.05) is 53.6 Å². The molecule has 186 valence electrons. The van der Waals surface area contributed by atoms with Crippen LogP contribution in [0.2, 0.25) is 0 Å². The van der Waals surface area contributed by atoms with Gasteiger partial charge >= 0.3 is 0 Å². The molecular weight excluding hydrogens is 451 g/mol. The first-order chi connectivity index (χ1) is 17.5. The van der Waals surface area contributed by atoms with E-state index in [1.807, 2.05) is 38.4 Å². The van der Waals surface area contributed by atoms with E-state index in [0.29, 0.717) is 24.2 Å². The molecule has 6 heteroatoms. The first kappa shape index (κ1) is 24.2. The van der Waals surface area contributed by atoms with E-state index in [1.165, 1.54) is 37.0 Å². The van der Waals surface area contributed by atoms with E-state index in [2.05, 4.69) is 38.7 Å². The zero-order chi connectivity index (χ0) is 25.1. The van der Waals surface area contributed by atoms with Crippen molar-refractivity contribution in [3.8, 4) is 11.1 Å². The van der Waals surface area contributed by atoms with Gasteiger partial charge in [0.25, 0.3) is 5.91 Å². The summed E-state index contributed by atoms with van der Waals surface area (Å²) in [7, 11) is 0. The molecule has 0 bridgehead atoms. The second-order valence-electron chi connectivity index (χ2n) is 10.0. The third-order valence-corrected chi connectivity index (χ3v) is 7.05. The summed E-state index contributed by atoms with van der Waals surface area (Å²) in [5.41, 5.74) is 8.00. The Morgan fingerprint density at radius 3 is 2.75 bits per heavy atom. The number of amides is 1. The fourth-order valence-electron chi connectivity index (χ4n) is 5.15. The van der Waals surface area contributed by atoms with Crippen LogP contribution < -0.4 is 10.6 Å². The number of anilines is 1. The topological polar surface area (TPSA) is 57.3 Å². The number of hydrogen-bond donors (Lipinski definition) is 2. The first-order valence-corrected chi connectivity index (χ1v) is 12.8. The standard InChI is InChI=1S/C30H33FN4O/c1-20-6-8-26(15-25(31)12-20)34-30(36)29-21(2)16-33-28-9-7-23(14-27(28)29)24-13-22(17-32-18-24)19-35-10-4-3-5-11-35/h7-9,12-15,17-18,33H,3-6,10-11,16,19H2,1-2H3,(H,34,36). The number of rotatable bonds is 5. The Balaban J connectivity index is 1.41. The fourth-order valence-corrected chi connectivity index (χ4v) is 5.15. The van der Waals surface area contributed by atoms with E-state index < -0.39 is 0 Å². The largest absolute Gasteiger partial charge is 0.381 e. The van der Waals surface area contributed by atoms with Gasteiger partial charge in [-0.15, -0.1) is 0 Å². The number of nitrogens with zero attached hydrogens (tertiary/aromatic N) is 2. The Hall–Kier alpha value is -3.51. The van der Waals surface area contributed by atoms with E-state index in [9.17, 15) is 9.18 Å². The van der Waals surface area contributed by atoms with E-state index in [4.69, 9.17) is 0 Å². The maximum atomic E-state index is 14.1. The van der Waals surface area contributed by atoms with Crippen molar-refractivity contribution in [1.29, 1.82) is 0 Å². The zero-order valence-electron chi connectivity index (χ0n) is 21.0. The summed E-state index contributed by atoms with van der Waals surface area (Å²) in [6.45, 7) is 7.62. The molecule has 5 nitrogen and oxygen atoms in total. The number of benzene rings is 1. The highest BCUT2D eigenvalue weighted by molar-refractivity contribution is 6.23. The number of allylic oxidation sites excluding steroid dienone is 5. The molecule has 0 atom stereocenters. The summed E-state index contributed by atoms with van der Waals surface area (Å²) >= 11 is 0. The highest BCUT2D eigenvalue weighted by Crippen LogP contribution is 2.35. The van der Waals surface area contributed by atoms with Gasteiger partial charge in [-0.25, -0.2) is 4.39 Å². The molecule has 1 saturated heterocycles. The minimum atomic E-state index is -0.354. The van der Waals surface area contributed by atoms with E-state index in [0.717, 1.165) is 53.2 Å². The van der Waals surface area contributed by atoms with Crippen LogP contribution in [0.15, 0.2) is 77.6 Å². The molecule has 2 aromatic rings. The van der Waals surface area contributed by atoms with Gasteiger partial charge in [0.15, 0.2) is 0 Å². The van der Waals surface area contributed by atoms with Gasteiger partial charge in [0.1, 0.15) is 5.83 Å². The lowest BCUT2D eigenvalue weighted by Crippen LogP contribution is -2.29. The Morgan fingerprint density at radius 1 is 1.08 bits per heavy atom. The van der Waals surface area contributed by atoms with Gasteiger partial charge < -0.3 is 10.6 Å². The third-order valence-electron chi connectivity index (χ3n) is 7.05. The normalized spacial score (nSPS) is 18.4. The highest BCUT2D eigenvalue weighted by atomic mass is 19.1. The molecule has 1 aromatic carbocycles. The average Bonchev–Trinajstić information content (AvgIpc) is 3.03. The Labute approximate surface area is 212 Å². The molecule has 1 aliphatic carbocycles. The SMILES string of the molecule is CC1=CC(F)=CC(NC(=O)C2=C(C)CNc3ccc(-c4cncc(CN5CCCCC5)c4)cc32)=CC1. The highest BCUT2D eigenvalue weighted by Gasteiger charge is 2.24. The van der Waals surface area contributed by atoms with Crippen molar-refractivity contribution >= 4 is 17.2 Å². The van der Waals surface area contributed by atoms with Crippen molar-refractivity contribution in [3.05, 3.63) is 88.7 Å². The Kier molecular flexibility index (Phi) is 7.14. The van der Waals surface area contributed by atoms with Crippen LogP contribution in [0.5, 0.6) is 0 Å². The van der Waals surface area contributed by atoms with Crippen molar-refractivity contribution in [2.75, 3.05) is 25.0 Å². The number of piperidine rings is 1. The van der Waals surface area contributed by atoms with Crippen LogP contribution in [0, 0.1) is 0 Å². The number of nitrogens with one attached hydrogen (secondary N) is 2. The summed E-state index contributed by atoms with van der Waals surface area (Å²) in [6, 6.07) is 8.36. The van der Waals surface area contributed by atoms with E-state index >= 15 is 0 Å². The first-order valence-electron chi connectivity index (χ1n) is 12.8. The summed E-state index contributed by atoms with van der Waals surface area (Å²) in [4.78, 5) is 20.5. The number of fused-ring (bicyclic) bond motifs is 1. The van der Waals surface area contributed by atoms with Crippen molar-refractivity contribution in [3.63, 3.8) is 0 Å². The maximum Gasteiger partial charge on any atom is 0.256 e. The number of pyridine rings is 1. The van der Waals surface area contributed by atoms with Crippen molar-refractivity contribution in [1.82, 2.24) is 15.2 Å². The molecule has 2 aliphatic heterocycles. The number of halogens is 1. The van der Waals surface area contributed by atoms with Gasteiger partial charge in [0.2, 0.25) is 0 Å². The minimum Gasteiger partial charge on any atom is -0.381 e. The van der Waals surface area contributed by atoms with Gasteiger partial charge in [-0.05, 0) is 93.3 Å².